The number of thioether (sulfide) groups is 1. The first-order valence-electron chi connectivity index (χ1n) is 8.72. The quantitative estimate of drug-likeness (QED) is 0.661. The highest BCUT2D eigenvalue weighted by atomic mass is 35.5. The molecule has 1 aromatic rings. The van der Waals surface area contributed by atoms with E-state index in [2.05, 4.69) is 19.1 Å². The minimum Gasteiger partial charge on any atom is -0.384 e. The number of hydrogen-bond acceptors (Lipinski definition) is 3. The molecule has 2 aliphatic rings. The van der Waals surface area contributed by atoms with Crippen LogP contribution in [0.5, 0.6) is 0 Å². The first-order valence-corrected chi connectivity index (χ1v) is 10.1. The highest BCUT2D eigenvalue weighted by Crippen LogP contribution is 2.52. The summed E-state index contributed by atoms with van der Waals surface area (Å²) in [7, 11) is 1.71. The SMILES string of the molecule is COCC1CSC(C2C(C)CCCC2c2ccc(Cl)cc2)=C1C=O. The Balaban J connectivity index is 1.96. The van der Waals surface area contributed by atoms with Crippen LogP contribution in [0.1, 0.15) is 37.7 Å². The van der Waals surface area contributed by atoms with Crippen LogP contribution in [-0.4, -0.2) is 25.8 Å². The minimum atomic E-state index is 0.243. The van der Waals surface area contributed by atoms with Gasteiger partial charge in [0, 0.05) is 29.4 Å². The number of methoxy groups -OCH3 is 1. The Morgan fingerprint density at radius 3 is 2.71 bits per heavy atom. The normalized spacial score (nSPS) is 30.6. The molecule has 0 spiro atoms. The molecule has 4 unspecified atom stereocenters. The summed E-state index contributed by atoms with van der Waals surface area (Å²) in [5.74, 6) is 2.72. The van der Waals surface area contributed by atoms with Crippen LogP contribution < -0.4 is 0 Å². The Labute approximate surface area is 154 Å². The number of rotatable bonds is 5. The molecule has 130 valence electrons. The van der Waals surface area contributed by atoms with E-state index in [-0.39, 0.29) is 5.92 Å². The lowest BCUT2D eigenvalue weighted by atomic mass is 9.69. The Hall–Kier alpha value is -0.770. The van der Waals surface area contributed by atoms with Crippen molar-refractivity contribution in [1.82, 2.24) is 0 Å². The van der Waals surface area contributed by atoms with E-state index in [1.54, 1.807) is 7.11 Å². The molecule has 1 fully saturated rings. The number of halogens is 1. The van der Waals surface area contributed by atoms with E-state index in [0.717, 1.165) is 22.6 Å². The molecule has 4 atom stereocenters. The van der Waals surface area contributed by atoms with E-state index in [1.807, 2.05) is 23.9 Å². The fraction of sp³-hybridized carbons (Fsp3) is 0.550. The average Bonchev–Trinajstić information content (AvgIpc) is 2.98. The van der Waals surface area contributed by atoms with E-state index < -0.39 is 0 Å². The lowest BCUT2D eigenvalue weighted by molar-refractivity contribution is -0.105. The molecule has 0 radical (unpaired) electrons. The van der Waals surface area contributed by atoms with Crippen molar-refractivity contribution < 1.29 is 9.53 Å². The molecule has 0 saturated heterocycles. The van der Waals surface area contributed by atoms with Gasteiger partial charge in [-0.05, 0) is 46.8 Å². The number of aldehydes is 1. The van der Waals surface area contributed by atoms with Crippen LogP contribution >= 0.6 is 23.4 Å². The summed E-state index contributed by atoms with van der Waals surface area (Å²) in [5, 5.41) is 0.780. The number of carbonyl (C=O) groups is 1. The van der Waals surface area contributed by atoms with Gasteiger partial charge in [-0.25, -0.2) is 0 Å². The molecule has 24 heavy (non-hydrogen) atoms. The van der Waals surface area contributed by atoms with E-state index in [1.165, 1.54) is 29.7 Å². The number of allylic oxidation sites excluding steroid dienone is 1. The second-order valence-corrected chi connectivity index (χ2v) is 8.49. The van der Waals surface area contributed by atoms with Gasteiger partial charge in [-0.1, -0.05) is 43.5 Å². The zero-order chi connectivity index (χ0) is 17.1. The zero-order valence-corrected chi connectivity index (χ0v) is 15.9. The van der Waals surface area contributed by atoms with Gasteiger partial charge in [0.1, 0.15) is 6.29 Å². The van der Waals surface area contributed by atoms with Crippen molar-refractivity contribution in [2.45, 2.75) is 32.1 Å². The van der Waals surface area contributed by atoms with Crippen molar-refractivity contribution in [3.05, 3.63) is 45.3 Å². The van der Waals surface area contributed by atoms with Gasteiger partial charge >= 0.3 is 0 Å². The van der Waals surface area contributed by atoms with E-state index in [9.17, 15) is 4.79 Å². The fourth-order valence-electron chi connectivity index (χ4n) is 4.29. The Bertz CT molecular complexity index is 611. The van der Waals surface area contributed by atoms with Crippen molar-refractivity contribution >= 4 is 29.6 Å². The van der Waals surface area contributed by atoms with Gasteiger partial charge < -0.3 is 4.74 Å². The first kappa shape index (κ1) is 18.0. The van der Waals surface area contributed by atoms with Crippen molar-refractivity contribution in [2.24, 2.45) is 17.8 Å². The third-order valence-electron chi connectivity index (χ3n) is 5.48. The monoisotopic (exact) mass is 364 g/mol. The predicted molar refractivity (Wildman–Crippen MR) is 102 cm³/mol. The number of carbonyl (C=O) groups excluding carboxylic acids is 1. The van der Waals surface area contributed by atoms with Gasteiger partial charge in [0.05, 0.1) is 6.61 Å². The predicted octanol–water partition coefficient (Wildman–Crippen LogP) is 5.32. The third-order valence-corrected chi connectivity index (χ3v) is 7.12. The van der Waals surface area contributed by atoms with Crippen LogP contribution in [0.15, 0.2) is 34.7 Å². The second kappa shape index (κ2) is 8.07. The van der Waals surface area contributed by atoms with E-state index in [4.69, 9.17) is 16.3 Å². The number of hydrogen-bond donors (Lipinski definition) is 0. The molecule has 0 amide bonds. The van der Waals surface area contributed by atoms with Crippen molar-refractivity contribution in [2.75, 3.05) is 19.5 Å². The van der Waals surface area contributed by atoms with E-state index in [0.29, 0.717) is 24.4 Å². The summed E-state index contributed by atoms with van der Waals surface area (Å²) in [5.41, 5.74) is 2.34. The topological polar surface area (TPSA) is 26.3 Å². The Kier molecular flexibility index (Phi) is 6.07. The highest BCUT2D eigenvalue weighted by Gasteiger charge is 2.39. The van der Waals surface area contributed by atoms with Crippen LogP contribution in [0.3, 0.4) is 0 Å². The first-order chi connectivity index (χ1) is 11.7. The van der Waals surface area contributed by atoms with Crippen LogP contribution in [0, 0.1) is 17.8 Å². The Morgan fingerprint density at radius 1 is 1.29 bits per heavy atom. The number of benzene rings is 1. The summed E-state index contributed by atoms with van der Waals surface area (Å²) < 4.78 is 5.32. The summed E-state index contributed by atoms with van der Waals surface area (Å²) >= 11 is 7.95. The standard InChI is InChI=1S/C20H25ClO2S/c1-13-4-3-5-17(14-6-8-16(21)9-7-14)19(13)20-18(10-22)15(11-23-2)12-24-20/h6-10,13,15,17,19H,3-5,11-12H2,1-2H3. The van der Waals surface area contributed by atoms with Crippen molar-refractivity contribution in [1.29, 1.82) is 0 Å². The third kappa shape index (κ3) is 3.58. The van der Waals surface area contributed by atoms with Crippen molar-refractivity contribution in [3.8, 4) is 0 Å². The molecule has 1 heterocycles. The zero-order valence-electron chi connectivity index (χ0n) is 14.3. The molecule has 1 aliphatic carbocycles. The fourth-order valence-corrected chi connectivity index (χ4v) is 6.04. The molecule has 2 nitrogen and oxygen atoms in total. The van der Waals surface area contributed by atoms with Crippen LogP contribution in [0.25, 0.3) is 0 Å². The Morgan fingerprint density at radius 2 is 2.04 bits per heavy atom. The van der Waals surface area contributed by atoms with Crippen molar-refractivity contribution in [3.63, 3.8) is 0 Å². The molecule has 0 bridgehead atoms. The molecule has 1 aromatic carbocycles. The maximum Gasteiger partial charge on any atom is 0.147 e. The maximum atomic E-state index is 11.8. The van der Waals surface area contributed by atoms with Gasteiger partial charge in [0.25, 0.3) is 0 Å². The average molecular weight is 365 g/mol. The largest absolute Gasteiger partial charge is 0.384 e. The summed E-state index contributed by atoms with van der Waals surface area (Å²) in [6.07, 6.45) is 4.75. The molecule has 1 aliphatic heterocycles. The molecule has 3 rings (SSSR count). The second-order valence-electron chi connectivity index (χ2n) is 6.99. The lowest BCUT2D eigenvalue weighted by Gasteiger charge is -2.38. The van der Waals surface area contributed by atoms with Gasteiger partial charge in [-0.15, -0.1) is 11.8 Å². The minimum absolute atomic E-state index is 0.243. The van der Waals surface area contributed by atoms with Crippen LogP contribution in [-0.2, 0) is 9.53 Å². The maximum absolute atomic E-state index is 11.8. The number of ether oxygens (including phenoxy) is 1. The summed E-state index contributed by atoms with van der Waals surface area (Å²) in [4.78, 5) is 13.1. The molecule has 0 aromatic heterocycles. The van der Waals surface area contributed by atoms with Gasteiger partial charge in [0.2, 0.25) is 0 Å². The molecular weight excluding hydrogens is 340 g/mol. The lowest BCUT2D eigenvalue weighted by Crippen LogP contribution is -2.26. The van der Waals surface area contributed by atoms with Crippen LogP contribution in [0.2, 0.25) is 5.02 Å². The molecule has 0 N–H and O–H groups in total. The van der Waals surface area contributed by atoms with Crippen LogP contribution in [0.4, 0.5) is 0 Å². The van der Waals surface area contributed by atoms with Gasteiger partial charge in [-0.3, -0.25) is 4.79 Å². The smallest absolute Gasteiger partial charge is 0.147 e. The summed E-state index contributed by atoms with van der Waals surface area (Å²) in [6.45, 7) is 2.98. The van der Waals surface area contributed by atoms with Gasteiger partial charge in [0.15, 0.2) is 0 Å². The molecular formula is C20H25ClO2S. The highest BCUT2D eigenvalue weighted by molar-refractivity contribution is 8.03. The van der Waals surface area contributed by atoms with E-state index >= 15 is 0 Å². The summed E-state index contributed by atoms with van der Waals surface area (Å²) in [6, 6.07) is 8.28. The molecule has 1 saturated carbocycles. The van der Waals surface area contributed by atoms with Gasteiger partial charge in [-0.2, -0.15) is 0 Å². The molecule has 4 heteroatoms.